The Morgan fingerprint density at radius 2 is 2.06 bits per heavy atom. The van der Waals surface area contributed by atoms with E-state index in [1.165, 1.54) is 0 Å². The van der Waals surface area contributed by atoms with Crippen molar-refractivity contribution in [3.8, 4) is 5.75 Å². The number of nitrogens with zero attached hydrogens (tertiary/aromatic N) is 1. The van der Waals surface area contributed by atoms with E-state index in [1.807, 2.05) is 31.2 Å². The lowest BCUT2D eigenvalue weighted by molar-refractivity contribution is -0.142. The maximum absolute atomic E-state index is 13.0. The molecule has 2 aliphatic carbocycles. The van der Waals surface area contributed by atoms with Gasteiger partial charge >= 0.3 is 0 Å². The number of benzene rings is 1. The summed E-state index contributed by atoms with van der Waals surface area (Å²) in [6.45, 7) is 2.64. The topological polar surface area (TPSA) is 108 Å². The van der Waals surface area contributed by atoms with Gasteiger partial charge in [-0.25, -0.2) is 0 Å². The Morgan fingerprint density at radius 3 is 2.77 bits per heavy atom. The molecule has 3 N–H and O–H groups in total. The highest BCUT2D eigenvalue weighted by atomic mass is 16.5. The minimum Gasteiger partial charge on any atom is -0.486 e. The van der Waals surface area contributed by atoms with Crippen LogP contribution in [0.1, 0.15) is 31.2 Å². The van der Waals surface area contributed by atoms with Gasteiger partial charge in [-0.15, -0.1) is 0 Å². The van der Waals surface area contributed by atoms with Gasteiger partial charge in [-0.2, -0.15) is 0 Å². The van der Waals surface area contributed by atoms with Crippen molar-refractivity contribution in [2.75, 3.05) is 32.9 Å². The van der Waals surface area contributed by atoms with Crippen LogP contribution in [0, 0.1) is 5.92 Å². The third kappa shape index (κ3) is 4.46. The summed E-state index contributed by atoms with van der Waals surface area (Å²) in [5.41, 5.74) is 1.29. The van der Waals surface area contributed by atoms with Crippen LogP contribution in [0.4, 0.5) is 0 Å². The molecule has 31 heavy (non-hydrogen) atoms. The highest BCUT2D eigenvalue weighted by Gasteiger charge is 2.50. The lowest BCUT2D eigenvalue weighted by atomic mass is 9.77. The second kappa shape index (κ2) is 9.38. The SMILES string of the molecule is CCOCC(=O)N(CC1CC1)[C@@H]1C=C(C(=O)NCCO)[C@@H]2c3ccccc3O[C@@H]2[C@H]1O. The van der Waals surface area contributed by atoms with Crippen LogP contribution in [0.25, 0.3) is 0 Å². The van der Waals surface area contributed by atoms with Gasteiger partial charge in [0, 0.05) is 30.8 Å². The van der Waals surface area contributed by atoms with Gasteiger partial charge in [0.1, 0.15) is 24.6 Å². The number of rotatable bonds is 9. The van der Waals surface area contributed by atoms with E-state index in [4.69, 9.17) is 14.6 Å². The van der Waals surface area contributed by atoms with Gasteiger partial charge in [0.2, 0.25) is 11.8 Å². The molecule has 1 aromatic rings. The Kier molecular flexibility index (Phi) is 6.60. The number of fused-ring (bicyclic) bond motifs is 3. The zero-order valence-electron chi connectivity index (χ0n) is 17.7. The number of para-hydroxylation sites is 1. The second-order valence-electron chi connectivity index (χ2n) is 8.31. The van der Waals surface area contributed by atoms with E-state index < -0.39 is 24.2 Å². The molecule has 1 aromatic carbocycles. The number of hydrogen-bond donors (Lipinski definition) is 3. The van der Waals surface area contributed by atoms with Crippen molar-refractivity contribution in [1.82, 2.24) is 10.2 Å². The molecule has 0 saturated heterocycles. The van der Waals surface area contributed by atoms with Gasteiger partial charge in [0.15, 0.2) is 0 Å². The number of carbonyl (C=O) groups excluding carboxylic acids is 2. The summed E-state index contributed by atoms with van der Waals surface area (Å²) in [7, 11) is 0. The largest absolute Gasteiger partial charge is 0.486 e. The lowest BCUT2D eigenvalue weighted by Gasteiger charge is -2.40. The fourth-order valence-corrected chi connectivity index (χ4v) is 4.43. The van der Waals surface area contributed by atoms with Crippen LogP contribution in [-0.2, 0) is 14.3 Å². The molecule has 0 bridgehead atoms. The van der Waals surface area contributed by atoms with Crippen molar-refractivity contribution in [2.24, 2.45) is 5.92 Å². The third-order valence-electron chi connectivity index (χ3n) is 6.14. The van der Waals surface area contributed by atoms with Crippen molar-refractivity contribution >= 4 is 11.8 Å². The summed E-state index contributed by atoms with van der Waals surface area (Å²) in [5.74, 6) is 0.0543. The normalized spacial score (nSPS) is 26.4. The first kappa shape index (κ1) is 21.8. The minimum absolute atomic E-state index is 0.0680. The average Bonchev–Trinajstić information content (AvgIpc) is 3.52. The van der Waals surface area contributed by atoms with Crippen molar-refractivity contribution in [2.45, 2.75) is 43.9 Å². The first-order chi connectivity index (χ1) is 15.0. The number of nitrogens with one attached hydrogen (secondary N) is 1. The molecule has 1 fully saturated rings. The summed E-state index contributed by atoms with van der Waals surface area (Å²) in [6, 6.07) is 6.74. The average molecular weight is 431 g/mol. The standard InChI is InChI=1S/C23H30N2O6/c1-2-30-13-19(27)25(12-14-7-8-14)17-11-16(23(29)24-9-10-26)20-15-5-3-4-6-18(15)31-22(20)21(17)28/h3-6,11,14,17,20-22,26,28H,2,7-10,12-13H2,1H3,(H,24,29)/t17-,20+,21+,22+/m1/s1. The minimum atomic E-state index is -0.990. The van der Waals surface area contributed by atoms with Crippen molar-refractivity contribution in [3.63, 3.8) is 0 Å². The smallest absolute Gasteiger partial charge is 0.249 e. The number of aliphatic hydroxyl groups excluding tert-OH is 2. The van der Waals surface area contributed by atoms with Crippen LogP contribution in [0.3, 0.4) is 0 Å². The van der Waals surface area contributed by atoms with Crippen molar-refractivity contribution in [1.29, 1.82) is 0 Å². The monoisotopic (exact) mass is 430 g/mol. The molecule has 1 aliphatic heterocycles. The first-order valence-corrected chi connectivity index (χ1v) is 11.0. The van der Waals surface area contributed by atoms with Crippen LogP contribution in [0.2, 0.25) is 0 Å². The number of carbonyl (C=O) groups is 2. The van der Waals surface area contributed by atoms with E-state index in [-0.39, 0.29) is 31.6 Å². The van der Waals surface area contributed by atoms with Crippen LogP contribution < -0.4 is 10.1 Å². The van der Waals surface area contributed by atoms with Gasteiger partial charge < -0.3 is 29.9 Å². The summed E-state index contributed by atoms with van der Waals surface area (Å²) < 4.78 is 11.4. The van der Waals surface area contributed by atoms with E-state index in [0.29, 0.717) is 30.4 Å². The van der Waals surface area contributed by atoms with E-state index in [1.54, 1.807) is 11.0 Å². The Hall–Kier alpha value is -2.42. The number of amides is 2. The molecule has 0 unspecified atom stereocenters. The maximum Gasteiger partial charge on any atom is 0.249 e. The summed E-state index contributed by atoms with van der Waals surface area (Å²) in [4.78, 5) is 27.6. The van der Waals surface area contributed by atoms with Gasteiger partial charge in [-0.05, 0) is 37.8 Å². The fourth-order valence-electron chi connectivity index (χ4n) is 4.43. The molecule has 2 amide bonds. The molecule has 168 valence electrons. The first-order valence-electron chi connectivity index (χ1n) is 11.0. The Labute approximate surface area is 181 Å². The van der Waals surface area contributed by atoms with Crippen LogP contribution in [0.5, 0.6) is 5.75 Å². The van der Waals surface area contributed by atoms with Crippen LogP contribution in [-0.4, -0.2) is 78.1 Å². The van der Waals surface area contributed by atoms with Crippen LogP contribution >= 0.6 is 0 Å². The summed E-state index contributed by atoms with van der Waals surface area (Å²) >= 11 is 0. The molecule has 0 aromatic heterocycles. The Bertz CT molecular complexity index is 852. The number of hydrogen-bond acceptors (Lipinski definition) is 6. The molecule has 8 nitrogen and oxygen atoms in total. The van der Waals surface area contributed by atoms with Crippen molar-refractivity contribution in [3.05, 3.63) is 41.5 Å². The third-order valence-corrected chi connectivity index (χ3v) is 6.14. The highest BCUT2D eigenvalue weighted by molar-refractivity contribution is 5.96. The van der Waals surface area contributed by atoms with E-state index in [2.05, 4.69) is 5.32 Å². The molecular weight excluding hydrogens is 400 g/mol. The lowest BCUT2D eigenvalue weighted by Crippen LogP contribution is -2.56. The predicted octanol–water partition coefficient (Wildman–Crippen LogP) is 0.584. The summed E-state index contributed by atoms with van der Waals surface area (Å²) in [5, 5.41) is 23.1. The quantitative estimate of drug-likeness (QED) is 0.529. The zero-order chi connectivity index (χ0) is 22.0. The van der Waals surface area contributed by atoms with E-state index in [9.17, 15) is 14.7 Å². The number of aliphatic hydroxyl groups is 2. The molecule has 8 heteroatoms. The maximum atomic E-state index is 13.0. The highest BCUT2D eigenvalue weighted by Crippen LogP contribution is 2.47. The van der Waals surface area contributed by atoms with Gasteiger partial charge in [0.25, 0.3) is 0 Å². The number of ether oxygens (including phenoxy) is 2. The molecule has 0 spiro atoms. The Morgan fingerprint density at radius 1 is 1.29 bits per heavy atom. The molecule has 0 radical (unpaired) electrons. The van der Waals surface area contributed by atoms with Crippen molar-refractivity contribution < 1.29 is 29.3 Å². The van der Waals surface area contributed by atoms with E-state index in [0.717, 1.165) is 18.4 Å². The predicted molar refractivity (Wildman–Crippen MR) is 113 cm³/mol. The van der Waals surface area contributed by atoms with Crippen LogP contribution in [0.15, 0.2) is 35.9 Å². The Balaban J connectivity index is 1.69. The molecule has 3 aliphatic rings. The van der Waals surface area contributed by atoms with Gasteiger partial charge in [0.05, 0.1) is 18.6 Å². The molecule has 4 atom stereocenters. The summed E-state index contributed by atoms with van der Waals surface area (Å²) in [6.07, 6.45) is 2.13. The van der Waals surface area contributed by atoms with Gasteiger partial charge in [-0.3, -0.25) is 9.59 Å². The second-order valence-corrected chi connectivity index (χ2v) is 8.31. The fraction of sp³-hybridized carbons (Fsp3) is 0.565. The molecule has 1 saturated carbocycles. The molecular formula is C23H30N2O6. The molecule has 4 rings (SSSR count). The van der Waals surface area contributed by atoms with Gasteiger partial charge in [-0.1, -0.05) is 18.2 Å². The molecule has 1 heterocycles. The zero-order valence-corrected chi connectivity index (χ0v) is 17.7. The van der Waals surface area contributed by atoms with E-state index >= 15 is 0 Å².